The molecule has 174 valence electrons. The number of hydrogen-bond acceptors (Lipinski definition) is 1. The summed E-state index contributed by atoms with van der Waals surface area (Å²) in [5.41, 5.74) is 6.81. The van der Waals surface area contributed by atoms with Gasteiger partial charge in [-0.25, -0.2) is 4.39 Å². The van der Waals surface area contributed by atoms with Gasteiger partial charge >= 0.3 is 0 Å². The predicted octanol–water partition coefficient (Wildman–Crippen LogP) is 9.35. The first-order valence-corrected chi connectivity index (χ1v) is 12.2. The number of fused-ring (bicyclic) bond motifs is 1. The van der Waals surface area contributed by atoms with E-state index in [-0.39, 0.29) is 11.2 Å². The maximum atomic E-state index is 14.9. The lowest BCUT2D eigenvalue weighted by Crippen LogP contribution is -2.30. The number of halogens is 1. The molecule has 0 bridgehead atoms. The molecule has 0 fully saturated rings. The van der Waals surface area contributed by atoms with Crippen LogP contribution in [-0.4, -0.2) is 4.98 Å². The molecule has 0 spiro atoms. The van der Waals surface area contributed by atoms with E-state index in [1.165, 1.54) is 22.3 Å². The Kier molecular flexibility index (Phi) is 8.62. The largest absolute Gasteiger partial charge is 0.256 e. The first kappa shape index (κ1) is 26.0. The van der Waals surface area contributed by atoms with Gasteiger partial charge in [0.25, 0.3) is 0 Å². The highest BCUT2D eigenvalue weighted by molar-refractivity contribution is 6.01. The average Bonchev–Trinajstić information content (AvgIpc) is 2.75. The van der Waals surface area contributed by atoms with Crippen molar-refractivity contribution in [2.24, 2.45) is 11.8 Å². The summed E-state index contributed by atoms with van der Waals surface area (Å²) in [6.45, 7) is 21.2. The van der Waals surface area contributed by atoms with Gasteiger partial charge in [-0.3, -0.25) is 4.98 Å². The quantitative estimate of drug-likeness (QED) is 0.428. The van der Waals surface area contributed by atoms with Gasteiger partial charge in [0.1, 0.15) is 5.82 Å². The van der Waals surface area contributed by atoms with Crippen LogP contribution < -0.4 is 0 Å². The number of hydrogen-bond donors (Lipinski definition) is 0. The number of rotatable bonds is 2. The Hall–Kier alpha value is -2.22. The smallest absolute Gasteiger partial charge is 0.134 e. The lowest BCUT2D eigenvalue weighted by atomic mass is 9.62. The zero-order valence-electron chi connectivity index (χ0n) is 21.9. The molecule has 1 unspecified atom stereocenters. The average molecular weight is 436 g/mol. The molecular weight excluding hydrogens is 393 g/mol. The van der Waals surface area contributed by atoms with E-state index in [0.717, 1.165) is 29.8 Å². The molecule has 0 saturated heterocycles. The second-order valence-electron chi connectivity index (χ2n) is 9.91. The van der Waals surface area contributed by atoms with E-state index in [1.54, 1.807) is 6.20 Å². The van der Waals surface area contributed by atoms with E-state index in [9.17, 15) is 4.39 Å². The predicted molar refractivity (Wildman–Crippen MR) is 140 cm³/mol. The molecule has 1 aromatic carbocycles. The van der Waals surface area contributed by atoms with Crippen molar-refractivity contribution in [2.75, 3.05) is 0 Å². The maximum Gasteiger partial charge on any atom is 0.134 e. The molecule has 1 atom stereocenters. The molecule has 2 aliphatic carbocycles. The lowest BCUT2D eigenvalue weighted by Gasteiger charge is -2.41. The summed E-state index contributed by atoms with van der Waals surface area (Å²) >= 11 is 0. The highest BCUT2D eigenvalue weighted by Gasteiger charge is 2.40. The molecule has 0 aliphatic heterocycles. The fraction of sp³-hybridized carbons (Fsp3) is 0.500. The zero-order valence-corrected chi connectivity index (χ0v) is 21.9. The van der Waals surface area contributed by atoms with Crippen molar-refractivity contribution >= 4 is 16.3 Å². The van der Waals surface area contributed by atoms with E-state index >= 15 is 0 Å². The van der Waals surface area contributed by atoms with Gasteiger partial charge in [-0.1, -0.05) is 78.3 Å². The highest BCUT2D eigenvalue weighted by atomic mass is 19.1. The second kappa shape index (κ2) is 10.6. The van der Waals surface area contributed by atoms with Crippen LogP contribution in [0.25, 0.3) is 16.3 Å². The number of aromatic nitrogens is 1. The normalized spacial score (nSPS) is 18.6. The van der Waals surface area contributed by atoms with Crippen LogP contribution in [0.4, 0.5) is 4.39 Å². The summed E-state index contributed by atoms with van der Waals surface area (Å²) in [7, 11) is 0. The van der Waals surface area contributed by atoms with Gasteiger partial charge in [-0.2, -0.15) is 0 Å². The minimum atomic E-state index is -0.155. The molecule has 1 heterocycles. The van der Waals surface area contributed by atoms with Crippen molar-refractivity contribution in [2.45, 2.75) is 87.5 Å². The van der Waals surface area contributed by atoms with Crippen LogP contribution >= 0.6 is 0 Å². The molecule has 32 heavy (non-hydrogen) atoms. The first-order chi connectivity index (χ1) is 15.1. The van der Waals surface area contributed by atoms with Crippen molar-refractivity contribution in [3.8, 4) is 0 Å². The number of benzene rings is 1. The van der Waals surface area contributed by atoms with E-state index < -0.39 is 0 Å². The summed E-state index contributed by atoms with van der Waals surface area (Å²) in [6.07, 6.45) is 10.5. The Bertz CT molecular complexity index is 1050. The highest BCUT2D eigenvalue weighted by Crippen LogP contribution is 2.53. The van der Waals surface area contributed by atoms with Crippen LogP contribution in [0.15, 0.2) is 47.7 Å². The third-order valence-electron chi connectivity index (χ3n) is 6.15. The molecule has 4 rings (SSSR count). The Morgan fingerprint density at radius 1 is 1.19 bits per heavy atom. The topological polar surface area (TPSA) is 12.9 Å². The molecule has 2 aliphatic rings. The van der Waals surface area contributed by atoms with E-state index in [1.807, 2.05) is 32.9 Å². The minimum Gasteiger partial charge on any atom is -0.256 e. The molecule has 2 heteroatoms. The van der Waals surface area contributed by atoms with Crippen molar-refractivity contribution in [3.05, 3.63) is 70.3 Å². The van der Waals surface area contributed by atoms with Gasteiger partial charge in [0, 0.05) is 22.4 Å². The fourth-order valence-corrected chi connectivity index (χ4v) is 4.92. The number of nitrogens with zero attached hydrogens (tertiary/aromatic N) is 1. The number of aryl methyl sites for hydroxylation is 1. The molecule has 0 radical (unpaired) electrons. The number of pyridine rings is 1. The molecule has 0 saturated carbocycles. The van der Waals surface area contributed by atoms with Crippen LogP contribution in [0.3, 0.4) is 0 Å². The maximum absolute atomic E-state index is 14.9. The molecule has 1 aromatic heterocycles. The molecule has 0 N–H and O–H groups in total. The summed E-state index contributed by atoms with van der Waals surface area (Å²) in [4.78, 5) is 4.78. The van der Waals surface area contributed by atoms with Crippen molar-refractivity contribution in [1.82, 2.24) is 4.98 Å². The van der Waals surface area contributed by atoms with E-state index in [0.29, 0.717) is 16.9 Å². The van der Waals surface area contributed by atoms with Gasteiger partial charge in [-0.05, 0) is 73.8 Å². The van der Waals surface area contributed by atoms with Gasteiger partial charge < -0.3 is 0 Å². The van der Waals surface area contributed by atoms with Crippen molar-refractivity contribution < 1.29 is 4.39 Å². The monoisotopic (exact) mass is 435 g/mol. The Balaban J connectivity index is 0.000000547. The molecule has 2 aromatic rings. The summed E-state index contributed by atoms with van der Waals surface area (Å²) < 4.78 is 14.9. The van der Waals surface area contributed by atoms with Crippen LogP contribution in [0, 0.1) is 24.6 Å². The van der Waals surface area contributed by atoms with E-state index in [4.69, 9.17) is 4.98 Å². The summed E-state index contributed by atoms with van der Waals surface area (Å²) in [5.74, 6) is 1.13. The van der Waals surface area contributed by atoms with E-state index in [2.05, 4.69) is 66.7 Å². The van der Waals surface area contributed by atoms with Crippen LogP contribution in [0.5, 0.6) is 0 Å². The van der Waals surface area contributed by atoms with Gasteiger partial charge in [0.15, 0.2) is 0 Å². The number of allylic oxidation sites excluding steroid dienone is 6. The summed E-state index contributed by atoms with van der Waals surface area (Å²) in [5, 5.41) is 1.72. The first-order valence-electron chi connectivity index (χ1n) is 12.2. The zero-order chi connectivity index (χ0) is 24.2. The SMILES string of the molecule is CC.CC(C)C.CC=CCC1CC=C(C)C2=C1c1nccc3c(F)c(C)cc(c13)C2(C)C. The van der Waals surface area contributed by atoms with Crippen molar-refractivity contribution in [3.63, 3.8) is 0 Å². The Morgan fingerprint density at radius 2 is 1.81 bits per heavy atom. The Morgan fingerprint density at radius 3 is 2.41 bits per heavy atom. The molecule has 0 amide bonds. The van der Waals surface area contributed by atoms with Crippen LogP contribution in [-0.2, 0) is 5.41 Å². The third kappa shape index (κ3) is 4.75. The minimum absolute atomic E-state index is 0.111. The second-order valence-corrected chi connectivity index (χ2v) is 9.91. The summed E-state index contributed by atoms with van der Waals surface area (Å²) in [6, 6.07) is 3.87. The standard InChI is InChI=1S/C24H26FN.C4H10.C2H6/c1-6-7-8-16-10-9-14(2)21-19(16)23-20-17(11-12-26-23)22(25)15(3)13-18(20)24(21,4)5;1-4(2)3;1-2/h6-7,9,11-13,16H,8,10H2,1-5H3;4H,1-3H3;1-2H3. The van der Waals surface area contributed by atoms with Gasteiger partial charge in [-0.15, -0.1) is 0 Å². The van der Waals surface area contributed by atoms with Crippen molar-refractivity contribution in [1.29, 1.82) is 0 Å². The molecule has 1 nitrogen and oxygen atoms in total. The fourth-order valence-electron chi connectivity index (χ4n) is 4.92. The Labute approximate surface area is 195 Å². The van der Waals surface area contributed by atoms with Gasteiger partial charge in [0.05, 0.1) is 5.69 Å². The molecular formula is C30H42FN. The van der Waals surface area contributed by atoms with Crippen LogP contribution in [0.1, 0.15) is 92.0 Å². The van der Waals surface area contributed by atoms with Gasteiger partial charge in [0.2, 0.25) is 0 Å². The third-order valence-corrected chi connectivity index (χ3v) is 6.15. The van der Waals surface area contributed by atoms with Crippen LogP contribution in [0.2, 0.25) is 0 Å². The lowest BCUT2D eigenvalue weighted by molar-refractivity contribution is 0.587.